The molecule has 0 radical (unpaired) electrons. The van der Waals surface area contributed by atoms with Gasteiger partial charge in [-0.25, -0.2) is 4.68 Å². The summed E-state index contributed by atoms with van der Waals surface area (Å²) in [5, 5.41) is 4.55. The average Bonchev–Trinajstić information content (AvgIpc) is 3.11. The maximum atomic E-state index is 11.5. The summed E-state index contributed by atoms with van der Waals surface area (Å²) in [6.07, 6.45) is 2.08. The largest absolute Gasteiger partial charge is 0.380 e. The third-order valence-corrected chi connectivity index (χ3v) is 3.98. The van der Waals surface area contributed by atoms with Crippen LogP contribution in [0, 0.1) is 6.92 Å². The van der Waals surface area contributed by atoms with Gasteiger partial charge in [0.2, 0.25) is 0 Å². The highest BCUT2D eigenvalue weighted by Crippen LogP contribution is 2.29. The number of carbonyl (C=O) groups excluding carboxylic acids is 1. The molecule has 0 amide bonds. The quantitative estimate of drug-likeness (QED) is 0.808. The van der Waals surface area contributed by atoms with Crippen LogP contribution in [-0.2, 0) is 4.74 Å². The lowest BCUT2D eigenvalue weighted by atomic mass is 10.2. The highest BCUT2D eigenvalue weighted by molar-refractivity contribution is 5.85. The number of methoxy groups -OCH3 is 1. The van der Waals surface area contributed by atoms with Crippen LogP contribution < -0.4 is 4.90 Å². The molecule has 0 spiro atoms. The minimum absolute atomic E-state index is 0.212. The van der Waals surface area contributed by atoms with E-state index in [1.165, 1.54) is 0 Å². The summed E-state index contributed by atoms with van der Waals surface area (Å²) in [7, 11) is 1.73. The second-order valence-corrected chi connectivity index (χ2v) is 5.28. The van der Waals surface area contributed by atoms with E-state index >= 15 is 0 Å². The first-order valence-electron chi connectivity index (χ1n) is 7.12. The molecule has 1 saturated heterocycles. The van der Waals surface area contributed by atoms with Gasteiger partial charge in [0.25, 0.3) is 0 Å². The van der Waals surface area contributed by atoms with Crippen LogP contribution in [0.25, 0.3) is 5.69 Å². The standard InChI is InChI=1S/C16H19N3O2/c1-12-15(11-20)16(18-9-8-14(10-18)21-2)19(17-12)13-6-4-3-5-7-13/h3-7,11,14H,8-10H2,1-2H3. The molecule has 2 heterocycles. The van der Waals surface area contributed by atoms with Crippen molar-refractivity contribution >= 4 is 12.1 Å². The number of nitrogens with zero attached hydrogens (tertiary/aromatic N) is 3. The summed E-state index contributed by atoms with van der Waals surface area (Å²) in [4.78, 5) is 13.7. The van der Waals surface area contributed by atoms with Crippen molar-refractivity contribution in [3.63, 3.8) is 0 Å². The maximum Gasteiger partial charge on any atom is 0.155 e. The zero-order valence-corrected chi connectivity index (χ0v) is 12.3. The number of rotatable bonds is 4. The smallest absolute Gasteiger partial charge is 0.155 e. The fraction of sp³-hybridized carbons (Fsp3) is 0.375. The van der Waals surface area contributed by atoms with Crippen molar-refractivity contribution in [1.29, 1.82) is 0 Å². The Morgan fingerprint density at radius 2 is 2.10 bits per heavy atom. The van der Waals surface area contributed by atoms with E-state index in [0.717, 1.165) is 43.0 Å². The molecule has 0 bridgehead atoms. The number of hydrogen-bond acceptors (Lipinski definition) is 4. The van der Waals surface area contributed by atoms with E-state index in [1.807, 2.05) is 41.9 Å². The van der Waals surface area contributed by atoms with Gasteiger partial charge in [-0.2, -0.15) is 5.10 Å². The number of hydrogen-bond donors (Lipinski definition) is 0. The van der Waals surface area contributed by atoms with Crippen LogP contribution in [0.4, 0.5) is 5.82 Å². The number of benzene rings is 1. The van der Waals surface area contributed by atoms with Crippen LogP contribution in [0.15, 0.2) is 30.3 Å². The van der Waals surface area contributed by atoms with E-state index in [4.69, 9.17) is 4.74 Å². The highest BCUT2D eigenvalue weighted by atomic mass is 16.5. The van der Waals surface area contributed by atoms with Crippen LogP contribution in [0.1, 0.15) is 22.5 Å². The van der Waals surface area contributed by atoms with E-state index in [0.29, 0.717) is 5.56 Å². The first kappa shape index (κ1) is 13.8. The Bertz CT molecular complexity index is 636. The van der Waals surface area contributed by atoms with Crippen molar-refractivity contribution in [2.24, 2.45) is 0 Å². The molecule has 2 aromatic rings. The molecule has 5 heteroatoms. The Balaban J connectivity index is 2.07. The zero-order chi connectivity index (χ0) is 14.8. The fourth-order valence-electron chi connectivity index (χ4n) is 2.83. The van der Waals surface area contributed by atoms with Gasteiger partial charge in [0.15, 0.2) is 6.29 Å². The molecule has 5 nitrogen and oxygen atoms in total. The van der Waals surface area contributed by atoms with E-state index in [1.54, 1.807) is 7.11 Å². The van der Waals surface area contributed by atoms with Gasteiger partial charge in [0, 0.05) is 20.2 Å². The molecule has 1 aliphatic rings. The molecule has 1 fully saturated rings. The number of aromatic nitrogens is 2. The lowest BCUT2D eigenvalue weighted by Gasteiger charge is -2.20. The summed E-state index contributed by atoms with van der Waals surface area (Å²) in [5.41, 5.74) is 2.38. The Labute approximate surface area is 124 Å². The monoisotopic (exact) mass is 285 g/mol. The number of ether oxygens (including phenoxy) is 1. The molecule has 110 valence electrons. The molecule has 0 aliphatic carbocycles. The van der Waals surface area contributed by atoms with Crippen LogP contribution in [0.3, 0.4) is 0 Å². The number of para-hydroxylation sites is 1. The van der Waals surface area contributed by atoms with Crippen LogP contribution in [0.2, 0.25) is 0 Å². The van der Waals surface area contributed by atoms with Gasteiger partial charge >= 0.3 is 0 Å². The van der Waals surface area contributed by atoms with Gasteiger partial charge in [-0.05, 0) is 25.5 Å². The molecular formula is C16H19N3O2. The second kappa shape index (κ2) is 5.69. The fourth-order valence-corrected chi connectivity index (χ4v) is 2.83. The lowest BCUT2D eigenvalue weighted by molar-refractivity contribution is 0.112. The van der Waals surface area contributed by atoms with Crippen molar-refractivity contribution in [2.45, 2.75) is 19.4 Å². The van der Waals surface area contributed by atoms with Gasteiger partial charge in [-0.15, -0.1) is 0 Å². The van der Waals surface area contributed by atoms with Gasteiger partial charge in [0.05, 0.1) is 23.0 Å². The van der Waals surface area contributed by atoms with Crippen molar-refractivity contribution < 1.29 is 9.53 Å². The summed E-state index contributed by atoms with van der Waals surface area (Å²) < 4.78 is 7.29. The predicted molar refractivity (Wildman–Crippen MR) is 81.3 cm³/mol. The minimum Gasteiger partial charge on any atom is -0.380 e. The van der Waals surface area contributed by atoms with Gasteiger partial charge in [-0.1, -0.05) is 18.2 Å². The summed E-state index contributed by atoms with van der Waals surface area (Å²) in [6, 6.07) is 9.90. The van der Waals surface area contributed by atoms with E-state index in [2.05, 4.69) is 10.00 Å². The number of aryl methyl sites for hydroxylation is 1. The van der Waals surface area contributed by atoms with E-state index in [9.17, 15) is 4.79 Å². The molecule has 3 rings (SSSR count). The third kappa shape index (κ3) is 2.45. The third-order valence-electron chi connectivity index (χ3n) is 3.98. The number of carbonyl (C=O) groups is 1. The lowest BCUT2D eigenvalue weighted by Crippen LogP contribution is -2.25. The summed E-state index contributed by atoms with van der Waals surface area (Å²) in [6.45, 7) is 3.53. The van der Waals surface area contributed by atoms with Crippen molar-refractivity contribution in [1.82, 2.24) is 9.78 Å². The molecule has 0 saturated carbocycles. The zero-order valence-electron chi connectivity index (χ0n) is 12.3. The van der Waals surface area contributed by atoms with Crippen molar-refractivity contribution in [3.8, 4) is 5.69 Å². The molecular weight excluding hydrogens is 266 g/mol. The van der Waals surface area contributed by atoms with Crippen LogP contribution >= 0.6 is 0 Å². The molecule has 1 aromatic heterocycles. The Morgan fingerprint density at radius 3 is 2.71 bits per heavy atom. The molecule has 1 aromatic carbocycles. The number of anilines is 1. The molecule has 1 atom stereocenters. The second-order valence-electron chi connectivity index (χ2n) is 5.28. The Morgan fingerprint density at radius 1 is 1.33 bits per heavy atom. The van der Waals surface area contributed by atoms with Gasteiger partial charge in [0.1, 0.15) is 5.82 Å². The molecule has 0 N–H and O–H groups in total. The maximum absolute atomic E-state index is 11.5. The highest BCUT2D eigenvalue weighted by Gasteiger charge is 2.28. The molecule has 21 heavy (non-hydrogen) atoms. The number of aldehydes is 1. The van der Waals surface area contributed by atoms with Crippen molar-refractivity contribution in [2.75, 3.05) is 25.1 Å². The topological polar surface area (TPSA) is 47.4 Å². The summed E-state index contributed by atoms with van der Waals surface area (Å²) in [5.74, 6) is 0.869. The molecule has 1 unspecified atom stereocenters. The van der Waals surface area contributed by atoms with E-state index < -0.39 is 0 Å². The van der Waals surface area contributed by atoms with Gasteiger partial charge in [-0.3, -0.25) is 4.79 Å². The van der Waals surface area contributed by atoms with Gasteiger partial charge < -0.3 is 9.64 Å². The average molecular weight is 285 g/mol. The first-order valence-corrected chi connectivity index (χ1v) is 7.12. The van der Waals surface area contributed by atoms with Crippen LogP contribution in [-0.4, -0.2) is 42.4 Å². The summed E-state index contributed by atoms with van der Waals surface area (Å²) >= 11 is 0. The van der Waals surface area contributed by atoms with E-state index in [-0.39, 0.29) is 6.10 Å². The predicted octanol–water partition coefficient (Wildman–Crippen LogP) is 2.22. The SMILES string of the molecule is COC1CCN(c2c(C=O)c(C)nn2-c2ccccc2)C1. The van der Waals surface area contributed by atoms with Crippen LogP contribution in [0.5, 0.6) is 0 Å². The first-order chi connectivity index (χ1) is 10.2. The Hall–Kier alpha value is -2.14. The normalized spacial score (nSPS) is 18.2. The minimum atomic E-state index is 0.212. The molecule has 1 aliphatic heterocycles. The van der Waals surface area contributed by atoms with Crippen molar-refractivity contribution in [3.05, 3.63) is 41.6 Å². The Kier molecular flexibility index (Phi) is 3.75.